The molecular weight excluding hydrogens is 302 g/mol. The van der Waals surface area contributed by atoms with Crippen molar-refractivity contribution in [3.8, 4) is 22.4 Å². The quantitative estimate of drug-likeness (QED) is 0.548. The van der Waals surface area contributed by atoms with Crippen LogP contribution in [0.25, 0.3) is 34.5 Å². The second-order valence-electron chi connectivity index (χ2n) is 7.00. The van der Waals surface area contributed by atoms with Crippen molar-refractivity contribution in [2.24, 2.45) is 0 Å². The smallest absolute Gasteiger partial charge is 0.0780 e. The minimum absolute atomic E-state index is 0.00761. The Labute approximate surface area is 149 Å². The first-order chi connectivity index (χ1) is 12.1. The number of benzene rings is 2. The highest BCUT2D eigenvalue weighted by Crippen LogP contribution is 2.49. The fourth-order valence-corrected chi connectivity index (χ4v) is 3.96. The van der Waals surface area contributed by atoms with E-state index in [2.05, 4.69) is 74.5 Å². The van der Waals surface area contributed by atoms with E-state index in [0.717, 1.165) is 22.4 Å². The number of nitrogens with zero attached hydrogens (tertiary/aromatic N) is 1. The molecule has 0 radical (unpaired) electrons. The molecule has 25 heavy (non-hydrogen) atoms. The molecule has 0 bridgehead atoms. The molecule has 2 aromatic carbocycles. The first kappa shape index (κ1) is 15.6. The van der Waals surface area contributed by atoms with Gasteiger partial charge < -0.3 is 0 Å². The molecule has 1 aliphatic rings. The lowest BCUT2D eigenvalue weighted by molar-refractivity contribution is 0.660. The Hall–Kier alpha value is -2.93. The summed E-state index contributed by atoms with van der Waals surface area (Å²) in [6.07, 6.45) is 5.56. The van der Waals surface area contributed by atoms with E-state index in [1.165, 1.54) is 22.3 Å². The van der Waals surface area contributed by atoms with Gasteiger partial charge in [-0.1, -0.05) is 75.6 Å². The summed E-state index contributed by atoms with van der Waals surface area (Å²) >= 11 is 0. The monoisotopic (exact) mass is 323 g/mol. The van der Waals surface area contributed by atoms with Crippen LogP contribution in [-0.2, 0) is 5.41 Å². The molecule has 0 saturated carbocycles. The summed E-state index contributed by atoms with van der Waals surface area (Å²) in [6.45, 7) is 12.5. The molecule has 0 fully saturated rings. The third-order valence-electron chi connectivity index (χ3n) is 5.30. The summed E-state index contributed by atoms with van der Waals surface area (Å²) in [4.78, 5) is 4.63. The second-order valence-corrected chi connectivity index (χ2v) is 7.00. The van der Waals surface area contributed by atoms with Crippen LogP contribution in [0.3, 0.4) is 0 Å². The summed E-state index contributed by atoms with van der Waals surface area (Å²) in [5.41, 5.74) is 9.57. The molecule has 0 N–H and O–H groups in total. The van der Waals surface area contributed by atoms with E-state index >= 15 is 0 Å². The first-order valence-electron chi connectivity index (χ1n) is 8.56. The molecule has 0 unspecified atom stereocenters. The molecule has 0 aliphatic heterocycles. The zero-order valence-corrected chi connectivity index (χ0v) is 14.7. The maximum Gasteiger partial charge on any atom is 0.0780 e. The lowest BCUT2D eigenvalue weighted by Crippen LogP contribution is -2.15. The molecular formula is C24H21N. The van der Waals surface area contributed by atoms with Crippen molar-refractivity contribution in [2.75, 3.05) is 0 Å². The van der Waals surface area contributed by atoms with Crippen molar-refractivity contribution in [1.29, 1.82) is 0 Å². The van der Waals surface area contributed by atoms with Crippen LogP contribution >= 0.6 is 0 Å². The number of aromatic nitrogens is 1. The van der Waals surface area contributed by atoms with Crippen LogP contribution in [-0.4, -0.2) is 4.98 Å². The molecule has 3 aromatic rings. The van der Waals surface area contributed by atoms with Gasteiger partial charge in [0.05, 0.1) is 5.69 Å². The average Bonchev–Trinajstić information content (AvgIpc) is 2.88. The van der Waals surface area contributed by atoms with Crippen molar-refractivity contribution in [2.45, 2.75) is 19.3 Å². The van der Waals surface area contributed by atoms with Crippen molar-refractivity contribution in [3.63, 3.8) is 0 Å². The lowest BCUT2D eigenvalue weighted by Gasteiger charge is -2.22. The Balaban J connectivity index is 1.95. The van der Waals surface area contributed by atoms with E-state index in [-0.39, 0.29) is 5.41 Å². The van der Waals surface area contributed by atoms with Gasteiger partial charge in [-0.2, -0.15) is 0 Å². The van der Waals surface area contributed by atoms with Crippen molar-refractivity contribution >= 4 is 12.2 Å². The van der Waals surface area contributed by atoms with E-state index in [1.54, 1.807) is 0 Å². The first-order valence-corrected chi connectivity index (χ1v) is 8.56. The normalized spacial score (nSPS) is 13.8. The molecule has 1 heteroatoms. The summed E-state index contributed by atoms with van der Waals surface area (Å²) in [5, 5.41) is 0. The zero-order chi connectivity index (χ0) is 17.6. The van der Waals surface area contributed by atoms with Crippen LogP contribution in [0.4, 0.5) is 0 Å². The summed E-state index contributed by atoms with van der Waals surface area (Å²) < 4.78 is 0. The standard InChI is InChI=1S/C24H21N/c1-5-16-13-14-25-23(18(16)6-2)17-11-12-20-19-9-7-8-10-21(19)24(3,4)22(20)15-17/h5-15H,1-2H2,3-4H3. The van der Waals surface area contributed by atoms with Crippen molar-refractivity contribution < 1.29 is 0 Å². The molecule has 0 amide bonds. The zero-order valence-electron chi connectivity index (χ0n) is 14.7. The van der Waals surface area contributed by atoms with E-state index in [0.29, 0.717) is 0 Å². The largest absolute Gasteiger partial charge is 0.256 e. The number of hydrogen-bond acceptors (Lipinski definition) is 1. The molecule has 122 valence electrons. The molecule has 0 atom stereocenters. The highest BCUT2D eigenvalue weighted by atomic mass is 14.7. The topological polar surface area (TPSA) is 12.9 Å². The van der Waals surface area contributed by atoms with Crippen LogP contribution in [0, 0.1) is 0 Å². The predicted molar refractivity (Wildman–Crippen MR) is 107 cm³/mol. The number of fused-ring (bicyclic) bond motifs is 3. The molecule has 1 heterocycles. The predicted octanol–water partition coefficient (Wildman–Crippen LogP) is 6.34. The molecule has 1 aliphatic carbocycles. The maximum absolute atomic E-state index is 4.63. The van der Waals surface area contributed by atoms with Gasteiger partial charge in [-0.15, -0.1) is 0 Å². The highest BCUT2D eigenvalue weighted by Gasteiger charge is 2.35. The Morgan fingerprint density at radius 2 is 1.64 bits per heavy atom. The maximum atomic E-state index is 4.63. The van der Waals surface area contributed by atoms with Gasteiger partial charge in [0.15, 0.2) is 0 Å². The lowest BCUT2D eigenvalue weighted by atomic mass is 9.81. The van der Waals surface area contributed by atoms with E-state index in [9.17, 15) is 0 Å². The molecule has 1 aromatic heterocycles. The Morgan fingerprint density at radius 3 is 2.40 bits per heavy atom. The van der Waals surface area contributed by atoms with Crippen LogP contribution in [0.15, 0.2) is 67.9 Å². The second kappa shape index (κ2) is 5.56. The summed E-state index contributed by atoms with van der Waals surface area (Å²) in [7, 11) is 0. The third kappa shape index (κ3) is 2.20. The van der Waals surface area contributed by atoms with Crippen LogP contribution in [0.1, 0.15) is 36.1 Å². The Morgan fingerprint density at radius 1 is 0.880 bits per heavy atom. The minimum atomic E-state index is -0.00761. The number of rotatable bonds is 3. The van der Waals surface area contributed by atoms with Gasteiger partial charge in [-0.05, 0) is 39.9 Å². The van der Waals surface area contributed by atoms with Gasteiger partial charge in [-0.3, -0.25) is 4.98 Å². The minimum Gasteiger partial charge on any atom is -0.256 e. The van der Waals surface area contributed by atoms with E-state index < -0.39 is 0 Å². The van der Waals surface area contributed by atoms with Gasteiger partial charge in [0, 0.05) is 22.7 Å². The number of hydrogen-bond donors (Lipinski definition) is 0. The molecule has 0 saturated heterocycles. The van der Waals surface area contributed by atoms with Gasteiger partial charge in [0.1, 0.15) is 0 Å². The number of pyridine rings is 1. The fourth-order valence-electron chi connectivity index (χ4n) is 3.96. The van der Waals surface area contributed by atoms with Gasteiger partial charge in [0.25, 0.3) is 0 Å². The fraction of sp³-hybridized carbons (Fsp3) is 0.125. The van der Waals surface area contributed by atoms with Crippen LogP contribution in [0.2, 0.25) is 0 Å². The van der Waals surface area contributed by atoms with Crippen LogP contribution in [0.5, 0.6) is 0 Å². The molecule has 1 nitrogen and oxygen atoms in total. The van der Waals surface area contributed by atoms with Gasteiger partial charge in [-0.25, -0.2) is 0 Å². The molecule has 0 spiro atoms. The van der Waals surface area contributed by atoms with Crippen molar-refractivity contribution in [3.05, 3.63) is 90.1 Å². The van der Waals surface area contributed by atoms with Gasteiger partial charge >= 0.3 is 0 Å². The average molecular weight is 323 g/mol. The van der Waals surface area contributed by atoms with Gasteiger partial charge in [0.2, 0.25) is 0 Å². The molecule has 4 rings (SSSR count). The van der Waals surface area contributed by atoms with Crippen LogP contribution < -0.4 is 0 Å². The van der Waals surface area contributed by atoms with Crippen molar-refractivity contribution in [1.82, 2.24) is 4.98 Å². The Kier molecular flexibility index (Phi) is 3.47. The highest BCUT2D eigenvalue weighted by molar-refractivity contribution is 5.85. The third-order valence-corrected chi connectivity index (χ3v) is 5.30. The summed E-state index contributed by atoms with van der Waals surface area (Å²) in [5.74, 6) is 0. The SMILES string of the molecule is C=Cc1ccnc(-c2ccc3c(c2)C(C)(C)c2ccccc2-3)c1C=C. The van der Waals surface area contributed by atoms with E-state index in [4.69, 9.17) is 0 Å². The summed E-state index contributed by atoms with van der Waals surface area (Å²) in [6, 6.07) is 17.3. The van der Waals surface area contributed by atoms with E-state index in [1.807, 2.05) is 24.4 Å². The Bertz CT molecular complexity index is 1010.